The predicted octanol–water partition coefficient (Wildman–Crippen LogP) is 6.95. The van der Waals surface area contributed by atoms with E-state index in [1.165, 1.54) is 16.7 Å². The third kappa shape index (κ3) is 3.95. The van der Waals surface area contributed by atoms with Crippen molar-refractivity contribution in [1.29, 1.82) is 0 Å². The summed E-state index contributed by atoms with van der Waals surface area (Å²) < 4.78 is 0. The fourth-order valence-corrected chi connectivity index (χ4v) is 5.16. The molecule has 4 aromatic rings. The van der Waals surface area contributed by atoms with Crippen molar-refractivity contribution in [3.63, 3.8) is 0 Å². The Kier molecular flexibility index (Phi) is 6.11. The predicted molar refractivity (Wildman–Crippen MR) is 137 cm³/mol. The Labute approximate surface area is 200 Å². The molecule has 0 aliphatic heterocycles. The van der Waals surface area contributed by atoms with Crippen LogP contribution in [0.25, 0.3) is 22.3 Å². The molecule has 0 amide bonds. The van der Waals surface area contributed by atoms with Gasteiger partial charge in [0.2, 0.25) is 0 Å². The molecule has 3 nitrogen and oxygen atoms in total. The molecule has 0 fully saturated rings. The largest absolute Gasteiger partial charge is 0.480 e. The van der Waals surface area contributed by atoms with Crippen molar-refractivity contribution >= 4 is 5.97 Å². The van der Waals surface area contributed by atoms with Gasteiger partial charge in [-0.15, -0.1) is 6.58 Å². The van der Waals surface area contributed by atoms with Crippen molar-refractivity contribution in [2.45, 2.75) is 25.0 Å². The van der Waals surface area contributed by atoms with E-state index in [1.807, 2.05) is 42.5 Å². The SMILES string of the molecule is C=CCC(C(=O)O)N(Cc1ccccc1)C1c2ccccc2-c2cccc(-c3ccccc3)c21. The zero-order valence-corrected chi connectivity index (χ0v) is 19.0. The summed E-state index contributed by atoms with van der Waals surface area (Å²) in [7, 11) is 0. The summed E-state index contributed by atoms with van der Waals surface area (Å²) in [4.78, 5) is 14.7. The van der Waals surface area contributed by atoms with Crippen LogP contribution in [0, 0.1) is 0 Å². The molecule has 3 heteroatoms. The van der Waals surface area contributed by atoms with E-state index < -0.39 is 12.0 Å². The Hall–Kier alpha value is -3.95. The Morgan fingerprint density at radius 1 is 0.824 bits per heavy atom. The molecule has 0 saturated heterocycles. The zero-order chi connectivity index (χ0) is 23.5. The van der Waals surface area contributed by atoms with E-state index >= 15 is 0 Å². The number of hydrogen-bond donors (Lipinski definition) is 1. The van der Waals surface area contributed by atoms with Gasteiger partial charge in [-0.1, -0.05) is 109 Å². The minimum atomic E-state index is -0.834. The summed E-state index contributed by atoms with van der Waals surface area (Å²) in [6.07, 6.45) is 2.07. The fraction of sp³-hybridized carbons (Fsp3) is 0.129. The second-order valence-electron chi connectivity index (χ2n) is 8.66. The van der Waals surface area contributed by atoms with Crippen LogP contribution in [-0.2, 0) is 11.3 Å². The van der Waals surface area contributed by atoms with Crippen LogP contribution in [0.1, 0.15) is 29.2 Å². The van der Waals surface area contributed by atoms with Gasteiger partial charge in [0.05, 0.1) is 6.04 Å². The van der Waals surface area contributed by atoms with E-state index in [4.69, 9.17) is 0 Å². The maximum absolute atomic E-state index is 12.6. The molecule has 2 unspecified atom stereocenters. The second kappa shape index (κ2) is 9.50. The number of aliphatic carboxylic acids is 1. The van der Waals surface area contributed by atoms with Crippen molar-refractivity contribution in [1.82, 2.24) is 4.90 Å². The molecule has 0 bridgehead atoms. The van der Waals surface area contributed by atoms with Crippen LogP contribution >= 0.6 is 0 Å². The Bertz CT molecular complexity index is 1310. The summed E-state index contributed by atoms with van der Waals surface area (Å²) >= 11 is 0. The van der Waals surface area contributed by atoms with Crippen LogP contribution in [0.5, 0.6) is 0 Å². The molecule has 1 N–H and O–H groups in total. The van der Waals surface area contributed by atoms with Gasteiger partial charge in [-0.3, -0.25) is 9.69 Å². The van der Waals surface area contributed by atoms with E-state index in [2.05, 4.69) is 72.1 Å². The van der Waals surface area contributed by atoms with Crippen molar-refractivity contribution in [3.05, 3.63) is 132 Å². The quantitative estimate of drug-likeness (QED) is 0.298. The molecule has 1 aliphatic rings. The molecule has 2 atom stereocenters. The lowest BCUT2D eigenvalue weighted by atomic mass is 9.91. The van der Waals surface area contributed by atoms with E-state index in [9.17, 15) is 9.90 Å². The third-order valence-corrected chi connectivity index (χ3v) is 6.62. The normalized spacial score (nSPS) is 14.9. The Morgan fingerprint density at radius 3 is 2.15 bits per heavy atom. The van der Waals surface area contributed by atoms with Gasteiger partial charge in [0.15, 0.2) is 0 Å². The Balaban J connectivity index is 1.75. The number of benzene rings is 4. The second-order valence-corrected chi connectivity index (χ2v) is 8.66. The lowest BCUT2D eigenvalue weighted by molar-refractivity contribution is -0.144. The smallest absolute Gasteiger partial charge is 0.321 e. The molecule has 0 spiro atoms. The van der Waals surface area contributed by atoms with E-state index in [0.29, 0.717) is 13.0 Å². The van der Waals surface area contributed by atoms with Gasteiger partial charge in [-0.2, -0.15) is 0 Å². The summed E-state index contributed by atoms with van der Waals surface area (Å²) in [6, 6.07) is 34.4. The van der Waals surface area contributed by atoms with Crippen LogP contribution in [0.2, 0.25) is 0 Å². The maximum Gasteiger partial charge on any atom is 0.321 e. The van der Waals surface area contributed by atoms with Crippen molar-refractivity contribution in [2.75, 3.05) is 0 Å². The van der Waals surface area contributed by atoms with E-state index in [-0.39, 0.29) is 6.04 Å². The highest BCUT2D eigenvalue weighted by molar-refractivity contribution is 5.87. The average molecular weight is 446 g/mol. The van der Waals surface area contributed by atoms with Gasteiger partial charge >= 0.3 is 5.97 Å². The first-order chi connectivity index (χ1) is 16.7. The first-order valence-electron chi connectivity index (χ1n) is 11.6. The molecule has 5 rings (SSSR count). The minimum absolute atomic E-state index is 0.191. The maximum atomic E-state index is 12.6. The molecule has 0 radical (unpaired) electrons. The fourth-order valence-electron chi connectivity index (χ4n) is 5.16. The molecule has 0 saturated carbocycles. The van der Waals surface area contributed by atoms with Crippen molar-refractivity contribution in [2.24, 2.45) is 0 Å². The number of rotatable bonds is 8. The van der Waals surface area contributed by atoms with E-state index in [1.54, 1.807) is 6.08 Å². The highest BCUT2D eigenvalue weighted by atomic mass is 16.4. The van der Waals surface area contributed by atoms with Crippen LogP contribution in [0.15, 0.2) is 116 Å². The van der Waals surface area contributed by atoms with Crippen LogP contribution in [0.3, 0.4) is 0 Å². The van der Waals surface area contributed by atoms with Gasteiger partial charge in [0, 0.05) is 6.54 Å². The number of hydrogen-bond acceptors (Lipinski definition) is 2. The molecular formula is C31H27NO2. The van der Waals surface area contributed by atoms with Crippen molar-refractivity contribution in [3.8, 4) is 22.3 Å². The average Bonchev–Trinajstić information content (AvgIpc) is 3.21. The zero-order valence-electron chi connectivity index (χ0n) is 19.0. The summed E-state index contributed by atoms with van der Waals surface area (Å²) in [5.41, 5.74) is 8.01. The number of nitrogens with zero attached hydrogens (tertiary/aromatic N) is 1. The molecule has 0 aromatic heterocycles. The first kappa shape index (κ1) is 21.9. The monoisotopic (exact) mass is 445 g/mol. The summed E-state index contributed by atoms with van der Waals surface area (Å²) in [6.45, 7) is 4.38. The van der Waals surface area contributed by atoms with Gasteiger partial charge in [-0.25, -0.2) is 0 Å². The van der Waals surface area contributed by atoms with E-state index in [0.717, 1.165) is 22.3 Å². The highest BCUT2D eigenvalue weighted by Crippen LogP contribution is 2.51. The highest BCUT2D eigenvalue weighted by Gasteiger charge is 2.39. The summed E-state index contributed by atoms with van der Waals surface area (Å²) in [5, 5.41) is 10.3. The lowest BCUT2D eigenvalue weighted by Gasteiger charge is -2.36. The van der Waals surface area contributed by atoms with Crippen LogP contribution < -0.4 is 0 Å². The summed E-state index contributed by atoms with van der Waals surface area (Å²) in [5.74, 6) is -0.834. The van der Waals surface area contributed by atoms with Crippen LogP contribution in [-0.4, -0.2) is 22.0 Å². The lowest BCUT2D eigenvalue weighted by Crippen LogP contribution is -2.42. The molecule has 34 heavy (non-hydrogen) atoms. The minimum Gasteiger partial charge on any atom is -0.480 e. The van der Waals surface area contributed by atoms with Gasteiger partial charge in [-0.05, 0) is 45.4 Å². The molecular weight excluding hydrogens is 418 g/mol. The molecule has 1 aliphatic carbocycles. The van der Waals surface area contributed by atoms with Crippen molar-refractivity contribution < 1.29 is 9.90 Å². The van der Waals surface area contributed by atoms with Gasteiger partial charge < -0.3 is 5.11 Å². The number of fused-ring (bicyclic) bond motifs is 3. The molecule has 168 valence electrons. The number of carboxylic acids is 1. The number of carboxylic acid groups (broad SMARTS) is 1. The standard InChI is InChI=1S/C31H27NO2/c1-2-12-28(31(33)34)32(21-22-13-5-3-6-14-22)30-27-18-10-9-17-25(27)26-20-11-19-24(29(26)30)23-15-7-4-8-16-23/h2-11,13-20,28,30H,1,12,21H2,(H,33,34). The number of carbonyl (C=O) groups is 1. The topological polar surface area (TPSA) is 40.5 Å². The van der Waals surface area contributed by atoms with Gasteiger partial charge in [0.25, 0.3) is 0 Å². The third-order valence-electron chi connectivity index (χ3n) is 6.62. The van der Waals surface area contributed by atoms with Gasteiger partial charge in [0.1, 0.15) is 6.04 Å². The first-order valence-corrected chi connectivity index (χ1v) is 11.6. The van der Waals surface area contributed by atoms with Crippen LogP contribution in [0.4, 0.5) is 0 Å². The Morgan fingerprint density at radius 2 is 1.44 bits per heavy atom. The molecule has 4 aromatic carbocycles. The molecule has 0 heterocycles.